The van der Waals surface area contributed by atoms with E-state index in [9.17, 15) is 4.79 Å². The molecule has 1 aromatic rings. The first kappa shape index (κ1) is 13.7. The van der Waals surface area contributed by atoms with Crippen LogP contribution in [0.25, 0.3) is 0 Å². The summed E-state index contributed by atoms with van der Waals surface area (Å²) in [7, 11) is 0. The Bertz CT molecular complexity index is 444. The number of aryl methyl sites for hydroxylation is 1. The average molecular weight is 264 g/mol. The Labute approximate surface area is 113 Å². The van der Waals surface area contributed by atoms with E-state index in [-0.39, 0.29) is 0 Å². The van der Waals surface area contributed by atoms with Crippen LogP contribution in [0.2, 0.25) is 0 Å². The van der Waals surface area contributed by atoms with Crippen LogP contribution in [0.5, 0.6) is 0 Å². The van der Waals surface area contributed by atoms with Crippen LogP contribution in [0.4, 0.5) is 5.82 Å². The third-order valence-corrected chi connectivity index (χ3v) is 3.61. The Morgan fingerprint density at radius 3 is 2.63 bits per heavy atom. The fraction of sp³-hybridized carbons (Fsp3) is 0.615. The highest BCUT2D eigenvalue weighted by Crippen LogP contribution is 2.15. The molecule has 6 heteroatoms. The highest BCUT2D eigenvalue weighted by Gasteiger charge is 2.25. The number of piperazine rings is 1. The van der Waals surface area contributed by atoms with Gasteiger partial charge in [0.25, 0.3) is 0 Å². The summed E-state index contributed by atoms with van der Waals surface area (Å²) < 4.78 is 0. The van der Waals surface area contributed by atoms with E-state index in [1.807, 2.05) is 11.0 Å². The average Bonchev–Trinajstić information content (AvgIpc) is 2.46. The Balaban J connectivity index is 1.97. The molecule has 1 unspecified atom stereocenters. The van der Waals surface area contributed by atoms with Gasteiger partial charge in [-0.05, 0) is 13.3 Å². The van der Waals surface area contributed by atoms with Gasteiger partial charge in [-0.2, -0.15) is 0 Å². The molecule has 0 aromatic carbocycles. The summed E-state index contributed by atoms with van der Waals surface area (Å²) in [5.41, 5.74) is 1.03. The maximum atomic E-state index is 11.0. The van der Waals surface area contributed by atoms with Crippen molar-refractivity contribution >= 4 is 11.8 Å². The van der Waals surface area contributed by atoms with E-state index in [0.717, 1.165) is 44.1 Å². The number of anilines is 1. The molecular weight excluding hydrogens is 244 g/mol. The lowest BCUT2D eigenvalue weighted by atomic mass is 10.2. The molecule has 0 spiro atoms. The lowest BCUT2D eigenvalue weighted by Gasteiger charge is -2.37. The zero-order valence-electron chi connectivity index (χ0n) is 11.4. The molecule has 0 radical (unpaired) electrons. The number of hydrogen-bond acceptors (Lipinski definition) is 5. The molecule has 1 N–H and O–H groups in total. The van der Waals surface area contributed by atoms with E-state index in [1.165, 1.54) is 0 Å². The van der Waals surface area contributed by atoms with E-state index in [1.54, 1.807) is 13.3 Å². The molecule has 0 aliphatic carbocycles. The number of hydrogen-bond donors (Lipinski definition) is 1. The van der Waals surface area contributed by atoms with Crippen molar-refractivity contribution < 1.29 is 9.90 Å². The molecule has 2 rings (SSSR count). The van der Waals surface area contributed by atoms with Crippen LogP contribution >= 0.6 is 0 Å². The molecule has 2 heterocycles. The highest BCUT2D eigenvalue weighted by molar-refractivity contribution is 5.72. The Morgan fingerprint density at radius 1 is 1.37 bits per heavy atom. The molecule has 1 fully saturated rings. The minimum atomic E-state index is -0.760. The summed E-state index contributed by atoms with van der Waals surface area (Å²) in [5.74, 6) is 0.179. The zero-order chi connectivity index (χ0) is 13.8. The van der Waals surface area contributed by atoms with Gasteiger partial charge in [0, 0.05) is 37.9 Å². The fourth-order valence-electron chi connectivity index (χ4n) is 2.25. The number of carbonyl (C=O) groups is 1. The lowest BCUT2D eigenvalue weighted by molar-refractivity contribution is -0.142. The fourth-order valence-corrected chi connectivity index (χ4v) is 2.25. The van der Waals surface area contributed by atoms with Crippen molar-refractivity contribution in [1.82, 2.24) is 14.9 Å². The maximum Gasteiger partial charge on any atom is 0.320 e. The Kier molecular flexibility index (Phi) is 4.31. The van der Waals surface area contributed by atoms with Crippen molar-refractivity contribution in [2.24, 2.45) is 0 Å². The van der Waals surface area contributed by atoms with Gasteiger partial charge in [-0.25, -0.2) is 9.97 Å². The van der Waals surface area contributed by atoms with Crippen LogP contribution in [-0.2, 0) is 11.2 Å². The van der Waals surface area contributed by atoms with Crippen molar-refractivity contribution in [3.05, 3.63) is 18.1 Å². The number of nitrogens with zero attached hydrogens (tertiary/aromatic N) is 4. The predicted molar refractivity (Wildman–Crippen MR) is 72.3 cm³/mol. The topological polar surface area (TPSA) is 69.6 Å². The molecule has 1 saturated heterocycles. The minimum Gasteiger partial charge on any atom is -0.480 e. The van der Waals surface area contributed by atoms with Crippen LogP contribution in [0.15, 0.2) is 12.4 Å². The molecule has 0 saturated carbocycles. The highest BCUT2D eigenvalue weighted by atomic mass is 16.4. The molecule has 1 aliphatic rings. The molecule has 0 amide bonds. The first-order chi connectivity index (χ1) is 9.11. The smallest absolute Gasteiger partial charge is 0.320 e. The second-order valence-electron chi connectivity index (χ2n) is 4.76. The van der Waals surface area contributed by atoms with Gasteiger partial charge in [0.1, 0.15) is 18.2 Å². The summed E-state index contributed by atoms with van der Waals surface area (Å²) in [5, 5.41) is 9.01. The minimum absolute atomic E-state index is 0.418. The van der Waals surface area contributed by atoms with E-state index < -0.39 is 12.0 Å². The van der Waals surface area contributed by atoms with E-state index >= 15 is 0 Å². The molecule has 19 heavy (non-hydrogen) atoms. The van der Waals surface area contributed by atoms with E-state index in [0.29, 0.717) is 0 Å². The summed E-state index contributed by atoms with van der Waals surface area (Å²) in [4.78, 5) is 23.6. The summed E-state index contributed by atoms with van der Waals surface area (Å²) in [6.07, 6.45) is 2.49. The van der Waals surface area contributed by atoms with Gasteiger partial charge in [0.2, 0.25) is 0 Å². The number of rotatable bonds is 4. The molecule has 1 atom stereocenters. The first-order valence-electron chi connectivity index (χ1n) is 6.64. The van der Waals surface area contributed by atoms with Gasteiger partial charge in [-0.3, -0.25) is 9.69 Å². The molecule has 1 aromatic heterocycles. The normalized spacial score (nSPS) is 18.3. The monoisotopic (exact) mass is 264 g/mol. The predicted octanol–water partition coefficient (Wildman–Crippen LogP) is 0.634. The molecular formula is C13H20N4O2. The van der Waals surface area contributed by atoms with Crippen LogP contribution in [0.1, 0.15) is 19.5 Å². The number of aliphatic carboxylic acids is 1. The van der Waals surface area contributed by atoms with Gasteiger partial charge >= 0.3 is 5.97 Å². The third kappa shape index (κ3) is 3.20. The molecule has 6 nitrogen and oxygen atoms in total. The Hall–Kier alpha value is -1.69. The second kappa shape index (κ2) is 5.97. The van der Waals surface area contributed by atoms with Crippen molar-refractivity contribution in [3.63, 3.8) is 0 Å². The van der Waals surface area contributed by atoms with E-state index in [2.05, 4.69) is 21.8 Å². The Morgan fingerprint density at radius 2 is 2.05 bits per heavy atom. The van der Waals surface area contributed by atoms with Crippen LogP contribution in [0, 0.1) is 0 Å². The van der Waals surface area contributed by atoms with Gasteiger partial charge in [-0.1, -0.05) is 6.92 Å². The summed E-state index contributed by atoms with van der Waals surface area (Å²) in [6.45, 7) is 6.91. The largest absolute Gasteiger partial charge is 0.480 e. The van der Waals surface area contributed by atoms with Crippen LogP contribution in [0.3, 0.4) is 0 Å². The first-order valence-corrected chi connectivity index (χ1v) is 6.64. The van der Waals surface area contributed by atoms with Crippen molar-refractivity contribution in [3.8, 4) is 0 Å². The zero-order valence-corrected chi connectivity index (χ0v) is 11.4. The second-order valence-corrected chi connectivity index (χ2v) is 4.76. The van der Waals surface area contributed by atoms with Crippen molar-refractivity contribution in [2.45, 2.75) is 26.3 Å². The third-order valence-electron chi connectivity index (χ3n) is 3.61. The number of carboxylic acids is 1. The van der Waals surface area contributed by atoms with Gasteiger partial charge in [0.15, 0.2) is 0 Å². The van der Waals surface area contributed by atoms with Crippen molar-refractivity contribution in [1.29, 1.82) is 0 Å². The van der Waals surface area contributed by atoms with Crippen molar-refractivity contribution in [2.75, 3.05) is 31.1 Å². The van der Waals surface area contributed by atoms with Gasteiger partial charge < -0.3 is 10.0 Å². The maximum absolute atomic E-state index is 11.0. The van der Waals surface area contributed by atoms with Crippen LogP contribution in [-0.4, -0.2) is 58.2 Å². The SMILES string of the molecule is CCc1cc(N2CCN(C(C)C(=O)O)CC2)ncn1. The number of aromatic nitrogens is 2. The summed E-state index contributed by atoms with van der Waals surface area (Å²) in [6, 6.07) is 1.59. The quantitative estimate of drug-likeness (QED) is 0.860. The van der Waals surface area contributed by atoms with Gasteiger partial charge in [-0.15, -0.1) is 0 Å². The molecule has 1 aliphatic heterocycles. The van der Waals surface area contributed by atoms with E-state index in [4.69, 9.17) is 5.11 Å². The number of carboxylic acid groups (broad SMARTS) is 1. The van der Waals surface area contributed by atoms with Crippen LogP contribution < -0.4 is 4.90 Å². The summed E-state index contributed by atoms with van der Waals surface area (Å²) >= 11 is 0. The molecule has 0 bridgehead atoms. The molecule has 104 valence electrons. The lowest BCUT2D eigenvalue weighted by Crippen LogP contribution is -2.52. The van der Waals surface area contributed by atoms with Gasteiger partial charge in [0.05, 0.1) is 0 Å². The standard InChI is InChI=1S/C13H20N4O2/c1-3-11-8-12(15-9-14-11)17-6-4-16(5-7-17)10(2)13(18)19/h8-10H,3-7H2,1-2H3,(H,18,19).